The van der Waals surface area contributed by atoms with Gasteiger partial charge in [-0.2, -0.15) is 0 Å². The maximum atomic E-state index is 6.40. The van der Waals surface area contributed by atoms with Gasteiger partial charge in [0.2, 0.25) is 0 Å². The molecule has 2 aromatic rings. The fourth-order valence-electron chi connectivity index (χ4n) is 2.38. The van der Waals surface area contributed by atoms with E-state index in [0.717, 1.165) is 30.7 Å². The van der Waals surface area contributed by atoms with E-state index in [0.29, 0.717) is 33.1 Å². The van der Waals surface area contributed by atoms with Gasteiger partial charge >= 0.3 is 0 Å². The van der Waals surface area contributed by atoms with Gasteiger partial charge in [-0.05, 0) is 42.8 Å². The van der Waals surface area contributed by atoms with Crippen LogP contribution in [0, 0.1) is 0 Å². The van der Waals surface area contributed by atoms with Crippen LogP contribution in [0.2, 0.25) is 15.1 Å². The van der Waals surface area contributed by atoms with Crippen molar-refractivity contribution in [3.05, 3.63) is 56.5 Å². The molecule has 0 amide bonds. The summed E-state index contributed by atoms with van der Waals surface area (Å²) in [4.78, 5) is 0. The predicted octanol–water partition coefficient (Wildman–Crippen LogP) is 5.36. The minimum Gasteiger partial charge on any atom is -0.493 e. The lowest BCUT2D eigenvalue weighted by molar-refractivity contribution is 0.194. The van der Waals surface area contributed by atoms with Crippen molar-refractivity contribution in [3.8, 4) is 11.5 Å². The first-order valence-corrected chi connectivity index (χ1v) is 9.31. The first-order valence-electron chi connectivity index (χ1n) is 8.18. The smallest absolute Gasteiger partial charge is 0.180 e. The molecule has 0 aromatic heterocycles. The fourth-order valence-corrected chi connectivity index (χ4v) is 3.13. The molecule has 0 unspecified atom stereocenters. The van der Waals surface area contributed by atoms with Gasteiger partial charge < -0.3 is 19.5 Å². The zero-order chi connectivity index (χ0) is 18.9. The number of halogens is 3. The Morgan fingerprint density at radius 3 is 2.50 bits per heavy atom. The largest absolute Gasteiger partial charge is 0.493 e. The van der Waals surface area contributed by atoms with Crippen LogP contribution >= 0.6 is 34.8 Å². The van der Waals surface area contributed by atoms with Crippen molar-refractivity contribution in [2.45, 2.75) is 19.6 Å². The number of ether oxygens (including phenoxy) is 3. The molecule has 0 bridgehead atoms. The molecule has 0 atom stereocenters. The van der Waals surface area contributed by atoms with Gasteiger partial charge in [-0.3, -0.25) is 0 Å². The van der Waals surface area contributed by atoms with E-state index in [1.165, 1.54) is 0 Å². The second-order valence-electron chi connectivity index (χ2n) is 5.66. The normalized spacial score (nSPS) is 10.8. The molecule has 0 saturated heterocycles. The quantitative estimate of drug-likeness (QED) is 0.527. The third-order valence-electron chi connectivity index (χ3n) is 3.71. The minimum atomic E-state index is 0.265. The molecule has 142 valence electrons. The molecule has 0 aliphatic carbocycles. The highest BCUT2D eigenvalue weighted by Gasteiger charge is 2.13. The Morgan fingerprint density at radius 1 is 1.00 bits per heavy atom. The Balaban J connectivity index is 2.03. The van der Waals surface area contributed by atoms with Gasteiger partial charge in [0.1, 0.15) is 6.61 Å². The van der Waals surface area contributed by atoms with Crippen LogP contribution in [0.4, 0.5) is 0 Å². The molecule has 0 radical (unpaired) electrons. The Labute approximate surface area is 169 Å². The highest BCUT2D eigenvalue weighted by molar-refractivity contribution is 6.35. The highest BCUT2D eigenvalue weighted by atomic mass is 35.5. The first kappa shape index (κ1) is 21.1. The third kappa shape index (κ3) is 6.22. The molecule has 26 heavy (non-hydrogen) atoms. The molecular formula is C19H22Cl3NO3. The van der Waals surface area contributed by atoms with Gasteiger partial charge in [0, 0.05) is 35.9 Å². The van der Waals surface area contributed by atoms with E-state index in [1.807, 2.05) is 18.2 Å². The van der Waals surface area contributed by atoms with E-state index in [-0.39, 0.29) is 6.61 Å². The number of rotatable bonds is 10. The summed E-state index contributed by atoms with van der Waals surface area (Å²) < 4.78 is 16.3. The zero-order valence-electron chi connectivity index (χ0n) is 14.8. The van der Waals surface area contributed by atoms with E-state index in [1.54, 1.807) is 26.4 Å². The zero-order valence-corrected chi connectivity index (χ0v) is 17.0. The first-order chi connectivity index (χ1) is 12.5. The number of hydrogen-bond acceptors (Lipinski definition) is 4. The lowest BCUT2D eigenvalue weighted by Gasteiger charge is -2.15. The summed E-state index contributed by atoms with van der Waals surface area (Å²) in [5.41, 5.74) is 1.83. The molecule has 0 aliphatic heterocycles. The van der Waals surface area contributed by atoms with Crippen LogP contribution in [0.25, 0.3) is 0 Å². The highest BCUT2D eigenvalue weighted by Crippen LogP contribution is 2.37. The monoisotopic (exact) mass is 417 g/mol. The lowest BCUT2D eigenvalue weighted by Crippen LogP contribution is -2.16. The molecule has 0 saturated carbocycles. The molecule has 0 aliphatic rings. The van der Waals surface area contributed by atoms with Crippen molar-refractivity contribution in [1.29, 1.82) is 0 Å². The summed E-state index contributed by atoms with van der Waals surface area (Å²) in [6.07, 6.45) is 0.949. The average Bonchev–Trinajstić information content (AvgIpc) is 2.61. The summed E-state index contributed by atoms with van der Waals surface area (Å²) >= 11 is 18.5. The summed E-state index contributed by atoms with van der Waals surface area (Å²) in [6.45, 7) is 2.54. The van der Waals surface area contributed by atoms with E-state index < -0.39 is 0 Å². The molecule has 0 fully saturated rings. The second kappa shape index (κ2) is 10.9. The van der Waals surface area contributed by atoms with Gasteiger partial charge in [0.25, 0.3) is 0 Å². The van der Waals surface area contributed by atoms with Crippen LogP contribution in [0.5, 0.6) is 11.5 Å². The standard InChI is InChI=1S/C19H22Cl3NO3/c1-24-7-3-6-23-11-13-8-17(22)19(18(9-13)25-2)26-12-14-4-5-15(20)10-16(14)21/h4-5,8-10,23H,3,6-7,11-12H2,1-2H3. The Bertz CT molecular complexity index is 725. The van der Waals surface area contributed by atoms with Gasteiger partial charge in [-0.15, -0.1) is 0 Å². The van der Waals surface area contributed by atoms with E-state index in [2.05, 4.69) is 5.32 Å². The van der Waals surface area contributed by atoms with Crippen molar-refractivity contribution < 1.29 is 14.2 Å². The number of methoxy groups -OCH3 is 2. The summed E-state index contributed by atoms with van der Waals surface area (Å²) in [7, 11) is 3.28. The number of hydrogen-bond donors (Lipinski definition) is 1. The van der Waals surface area contributed by atoms with Gasteiger partial charge in [0.15, 0.2) is 11.5 Å². The molecule has 2 rings (SSSR count). The second-order valence-corrected chi connectivity index (χ2v) is 6.91. The van der Waals surface area contributed by atoms with E-state index >= 15 is 0 Å². The van der Waals surface area contributed by atoms with Crippen LogP contribution in [0.1, 0.15) is 17.5 Å². The SMILES string of the molecule is COCCCNCc1cc(Cl)c(OCc2ccc(Cl)cc2Cl)c(OC)c1. The van der Waals surface area contributed by atoms with Crippen molar-refractivity contribution in [3.63, 3.8) is 0 Å². The summed E-state index contributed by atoms with van der Waals surface area (Å²) in [6, 6.07) is 9.05. The molecule has 0 heterocycles. The van der Waals surface area contributed by atoms with Gasteiger partial charge in [-0.25, -0.2) is 0 Å². The van der Waals surface area contributed by atoms with Crippen LogP contribution in [0.15, 0.2) is 30.3 Å². The van der Waals surface area contributed by atoms with Crippen molar-refractivity contribution in [1.82, 2.24) is 5.32 Å². The molecule has 2 aromatic carbocycles. The molecule has 0 spiro atoms. The Kier molecular flexibility index (Phi) is 8.82. The minimum absolute atomic E-state index is 0.265. The van der Waals surface area contributed by atoms with Gasteiger partial charge in [0.05, 0.1) is 12.1 Å². The number of benzene rings is 2. The Hall–Kier alpha value is -1.17. The maximum Gasteiger partial charge on any atom is 0.180 e. The topological polar surface area (TPSA) is 39.7 Å². The van der Waals surface area contributed by atoms with Crippen molar-refractivity contribution >= 4 is 34.8 Å². The maximum absolute atomic E-state index is 6.40. The van der Waals surface area contributed by atoms with Crippen LogP contribution < -0.4 is 14.8 Å². The fraction of sp³-hybridized carbons (Fsp3) is 0.368. The van der Waals surface area contributed by atoms with Crippen LogP contribution in [0.3, 0.4) is 0 Å². The Morgan fingerprint density at radius 2 is 1.81 bits per heavy atom. The summed E-state index contributed by atoms with van der Waals surface area (Å²) in [5, 5.41) is 4.96. The lowest BCUT2D eigenvalue weighted by atomic mass is 10.2. The molecule has 4 nitrogen and oxygen atoms in total. The van der Waals surface area contributed by atoms with Crippen molar-refractivity contribution in [2.24, 2.45) is 0 Å². The molecule has 1 N–H and O–H groups in total. The third-order valence-corrected chi connectivity index (χ3v) is 4.58. The summed E-state index contributed by atoms with van der Waals surface area (Å²) in [5.74, 6) is 1.07. The number of nitrogens with one attached hydrogen (secondary N) is 1. The van der Waals surface area contributed by atoms with Gasteiger partial charge in [-0.1, -0.05) is 40.9 Å². The predicted molar refractivity (Wildman–Crippen MR) is 107 cm³/mol. The average molecular weight is 419 g/mol. The van der Waals surface area contributed by atoms with Crippen molar-refractivity contribution in [2.75, 3.05) is 27.4 Å². The van der Waals surface area contributed by atoms with E-state index in [9.17, 15) is 0 Å². The van der Waals surface area contributed by atoms with E-state index in [4.69, 9.17) is 49.0 Å². The van der Waals surface area contributed by atoms with Crippen LogP contribution in [-0.2, 0) is 17.9 Å². The molecular weight excluding hydrogens is 397 g/mol. The molecule has 7 heteroatoms. The van der Waals surface area contributed by atoms with Crippen LogP contribution in [-0.4, -0.2) is 27.4 Å².